The monoisotopic (exact) mass is 308 g/mol. The minimum atomic E-state index is 0.707. The van der Waals surface area contributed by atoms with Crippen molar-refractivity contribution >= 4 is 17.4 Å². The molecule has 0 N–H and O–H groups in total. The maximum Gasteiger partial charge on any atom is 0.128 e. The van der Waals surface area contributed by atoms with E-state index in [4.69, 9.17) is 11.6 Å². The topological polar surface area (TPSA) is 22.6 Å². The van der Waals surface area contributed by atoms with E-state index in [2.05, 4.69) is 19.7 Å². The largest absolute Gasteiger partial charge is 0.354 e. The minimum absolute atomic E-state index is 0.707. The Labute approximate surface area is 132 Å². The fraction of sp³-hybridized carbons (Fsp3) is 0.688. The van der Waals surface area contributed by atoms with Gasteiger partial charge in [0, 0.05) is 45.5 Å². The second-order valence-electron chi connectivity index (χ2n) is 6.07. The third kappa shape index (κ3) is 4.31. The molecule has 2 aliphatic heterocycles. The minimum Gasteiger partial charge on any atom is -0.354 e. The Balaban J connectivity index is 1.41. The zero-order valence-electron chi connectivity index (χ0n) is 12.7. The lowest BCUT2D eigenvalue weighted by atomic mass is 10.1. The maximum atomic E-state index is 5.89. The number of aromatic nitrogens is 1. The van der Waals surface area contributed by atoms with Gasteiger partial charge in [-0.15, -0.1) is 0 Å². The van der Waals surface area contributed by atoms with Crippen LogP contribution in [-0.4, -0.2) is 67.1 Å². The van der Waals surface area contributed by atoms with Crippen LogP contribution in [0.4, 0.5) is 5.82 Å². The van der Waals surface area contributed by atoms with Crippen LogP contribution in [0.3, 0.4) is 0 Å². The molecule has 0 atom stereocenters. The van der Waals surface area contributed by atoms with Crippen LogP contribution in [0.1, 0.15) is 19.3 Å². The first kappa shape index (κ1) is 15.1. The van der Waals surface area contributed by atoms with Gasteiger partial charge < -0.3 is 9.80 Å². The Morgan fingerprint density at radius 1 is 0.857 bits per heavy atom. The molecular formula is C16H25ClN4. The van der Waals surface area contributed by atoms with Crippen molar-refractivity contribution in [3.8, 4) is 0 Å². The van der Waals surface area contributed by atoms with Crippen molar-refractivity contribution in [2.45, 2.75) is 19.3 Å². The maximum absolute atomic E-state index is 5.89. The predicted molar refractivity (Wildman–Crippen MR) is 88.2 cm³/mol. The lowest BCUT2D eigenvalue weighted by molar-refractivity contribution is 0.176. The summed E-state index contributed by atoms with van der Waals surface area (Å²) < 4.78 is 0. The highest BCUT2D eigenvalue weighted by molar-refractivity contribution is 6.30. The van der Waals surface area contributed by atoms with Gasteiger partial charge in [0.05, 0.1) is 5.02 Å². The first-order chi connectivity index (χ1) is 10.3. The number of piperazine rings is 1. The Kier molecular flexibility index (Phi) is 5.33. The smallest absolute Gasteiger partial charge is 0.128 e. The summed E-state index contributed by atoms with van der Waals surface area (Å²) in [5.74, 6) is 1.05. The van der Waals surface area contributed by atoms with E-state index >= 15 is 0 Å². The van der Waals surface area contributed by atoms with Crippen molar-refractivity contribution in [1.82, 2.24) is 14.8 Å². The summed E-state index contributed by atoms with van der Waals surface area (Å²) >= 11 is 5.89. The summed E-state index contributed by atoms with van der Waals surface area (Å²) in [6.07, 6.45) is 5.93. The molecule has 2 saturated heterocycles. The molecule has 21 heavy (non-hydrogen) atoms. The molecule has 0 unspecified atom stereocenters. The second kappa shape index (κ2) is 7.43. The molecule has 5 heteroatoms. The van der Waals surface area contributed by atoms with Crippen LogP contribution in [-0.2, 0) is 0 Å². The number of halogens is 1. The highest BCUT2D eigenvalue weighted by Gasteiger charge is 2.19. The van der Waals surface area contributed by atoms with Crippen LogP contribution >= 0.6 is 11.6 Å². The Morgan fingerprint density at radius 2 is 1.52 bits per heavy atom. The number of hydrogen-bond donors (Lipinski definition) is 0. The molecular weight excluding hydrogens is 284 g/mol. The van der Waals surface area contributed by atoms with E-state index in [1.54, 1.807) is 6.20 Å². The van der Waals surface area contributed by atoms with Crippen molar-refractivity contribution < 1.29 is 0 Å². The van der Waals surface area contributed by atoms with Crippen LogP contribution < -0.4 is 4.90 Å². The van der Waals surface area contributed by atoms with Crippen LogP contribution in [0.25, 0.3) is 0 Å². The van der Waals surface area contributed by atoms with Gasteiger partial charge in [-0.3, -0.25) is 4.90 Å². The number of pyridine rings is 1. The van der Waals surface area contributed by atoms with Gasteiger partial charge >= 0.3 is 0 Å². The van der Waals surface area contributed by atoms with Gasteiger partial charge in [-0.05, 0) is 38.1 Å². The average molecular weight is 309 g/mol. The molecule has 0 spiro atoms. The van der Waals surface area contributed by atoms with E-state index in [1.807, 2.05) is 12.1 Å². The number of likely N-dealkylation sites (tertiary alicyclic amines) is 1. The molecule has 0 bridgehead atoms. The van der Waals surface area contributed by atoms with Gasteiger partial charge in [-0.25, -0.2) is 4.98 Å². The van der Waals surface area contributed by atoms with Gasteiger partial charge in [-0.2, -0.15) is 0 Å². The van der Waals surface area contributed by atoms with E-state index in [9.17, 15) is 0 Å². The number of nitrogens with zero attached hydrogens (tertiary/aromatic N) is 4. The van der Waals surface area contributed by atoms with Crippen molar-refractivity contribution in [3.05, 3.63) is 23.4 Å². The van der Waals surface area contributed by atoms with E-state index < -0.39 is 0 Å². The highest BCUT2D eigenvalue weighted by Crippen LogP contribution is 2.16. The first-order valence-corrected chi connectivity index (χ1v) is 8.50. The standard InChI is InChI=1S/C16H25ClN4/c17-15-4-5-16(18-14-15)21-12-10-20(11-13-21)9-8-19-6-2-1-3-7-19/h4-5,14H,1-3,6-13H2. The Bertz CT molecular complexity index is 422. The lowest BCUT2D eigenvalue weighted by Crippen LogP contribution is -2.49. The average Bonchev–Trinajstić information content (AvgIpc) is 2.55. The normalized spacial score (nSPS) is 21.7. The fourth-order valence-corrected chi connectivity index (χ4v) is 3.33. The third-order valence-electron chi connectivity index (χ3n) is 4.59. The molecule has 2 fully saturated rings. The molecule has 4 nitrogen and oxygen atoms in total. The molecule has 116 valence electrons. The summed E-state index contributed by atoms with van der Waals surface area (Å²) in [6.45, 7) is 9.45. The van der Waals surface area contributed by atoms with E-state index in [1.165, 1.54) is 45.4 Å². The van der Waals surface area contributed by atoms with Crippen molar-refractivity contribution in [2.75, 3.05) is 57.3 Å². The fourth-order valence-electron chi connectivity index (χ4n) is 3.22. The van der Waals surface area contributed by atoms with Crippen molar-refractivity contribution in [2.24, 2.45) is 0 Å². The molecule has 1 aromatic heterocycles. The quantitative estimate of drug-likeness (QED) is 0.851. The summed E-state index contributed by atoms with van der Waals surface area (Å²) in [7, 11) is 0. The van der Waals surface area contributed by atoms with Crippen molar-refractivity contribution in [1.29, 1.82) is 0 Å². The Hall–Kier alpha value is -0.840. The van der Waals surface area contributed by atoms with Gasteiger partial charge in [0.25, 0.3) is 0 Å². The number of piperidine rings is 1. The molecule has 0 aromatic carbocycles. The van der Waals surface area contributed by atoms with Gasteiger partial charge in [0.1, 0.15) is 5.82 Å². The summed E-state index contributed by atoms with van der Waals surface area (Å²) in [6, 6.07) is 3.94. The molecule has 2 aliphatic rings. The molecule has 1 aromatic rings. The van der Waals surface area contributed by atoms with Crippen LogP contribution in [0.2, 0.25) is 5.02 Å². The zero-order chi connectivity index (χ0) is 14.5. The van der Waals surface area contributed by atoms with Gasteiger partial charge in [-0.1, -0.05) is 18.0 Å². The van der Waals surface area contributed by atoms with Gasteiger partial charge in [0.15, 0.2) is 0 Å². The second-order valence-corrected chi connectivity index (χ2v) is 6.50. The lowest BCUT2D eigenvalue weighted by Gasteiger charge is -2.37. The predicted octanol–water partition coefficient (Wildman–Crippen LogP) is 2.34. The van der Waals surface area contributed by atoms with Crippen LogP contribution in [0, 0.1) is 0 Å². The van der Waals surface area contributed by atoms with E-state index in [0.29, 0.717) is 5.02 Å². The highest BCUT2D eigenvalue weighted by atomic mass is 35.5. The molecule has 0 aliphatic carbocycles. The summed E-state index contributed by atoms with van der Waals surface area (Å²) in [4.78, 5) is 12.0. The molecule has 0 radical (unpaired) electrons. The van der Waals surface area contributed by atoms with E-state index in [-0.39, 0.29) is 0 Å². The number of rotatable bonds is 4. The van der Waals surface area contributed by atoms with Crippen LogP contribution in [0.15, 0.2) is 18.3 Å². The first-order valence-electron chi connectivity index (χ1n) is 8.12. The summed E-state index contributed by atoms with van der Waals surface area (Å²) in [5, 5.41) is 0.707. The third-order valence-corrected chi connectivity index (χ3v) is 4.81. The Morgan fingerprint density at radius 3 is 2.14 bits per heavy atom. The molecule has 0 saturated carbocycles. The van der Waals surface area contributed by atoms with Gasteiger partial charge in [0.2, 0.25) is 0 Å². The van der Waals surface area contributed by atoms with E-state index in [0.717, 1.165) is 32.0 Å². The zero-order valence-corrected chi connectivity index (χ0v) is 13.4. The molecule has 3 rings (SSSR count). The van der Waals surface area contributed by atoms with Crippen LogP contribution in [0.5, 0.6) is 0 Å². The van der Waals surface area contributed by atoms with Crippen molar-refractivity contribution in [3.63, 3.8) is 0 Å². The number of anilines is 1. The summed E-state index contributed by atoms with van der Waals surface area (Å²) in [5.41, 5.74) is 0. The molecule has 0 amide bonds. The SMILES string of the molecule is Clc1ccc(N2CCN(CCN3CCCCC3)CC2)nc1. The molecule has 3 heterocycles. The number of hydrogen-bond acceptors (Lipinski definition) is 4.